The van der Waals surface area contributed by atoms with E-state index >= 15 is 0 Å². The van der Waals surface area contributed by atoms with Gasteiger partial charge in [-0.1, -0.05) is 86.3 Å². The number of aromatic nitrogens is 4. The fourth-order valence-electron chi connectivity index (χ4n) is 3.99. The first-order valence-corrected chi connectivity index (χ1v) is 12.3. The summed E-state index contributed by atoms with van der Waals surface area (Å²) in [5.74, 6) is 0.841. The Morgan fingerprint density at radius 2 is 1.47 bits per heavy atom. The average Bonchev–Trinajstić information content (AvgIpc) is 3.27. The number of benzene rings is 3. The third kappa shape index (κ3) is 4.29. The lowest BCUT2D eigenvalue weighted by Crippen LogP contribution is -2.00. The van der Waals surface area contributed by atoms with E-state index in [1.165, 1.54) is 0 Å². The van der Waals surface area contributed by atoms with Crippen molar-refractivity contribution in [2.45, 2.75) is 31.0 Å². The molecule has 0 aliphatic heterocycles. The summed E-state index contributed by atoms with van der Waals surface area (Å²) in [6.07, 6.45) is 0. The van der Waals surface area contributed by atoms with Gasteiger partial charge in [-0.05, 0) is 31.2 Å². The van der Waals surface area contributed by atoms with E-state index in [1.54, 1.807) is 11.8 Å². The van der Waals surface area contributed by atoms with Crippen LogP contribution in [0.3, 0.4) is 0 Å². The van der Waals surface area contributed by atoms with Gasteiger partial charge in [-0.15, -0.1) is 10.2 Å². The van der Waals surface area contributed by atoms with E-state index in [0.717, 1.165) is 49.9 Å². The molecule has 0 amide bonds. The van der Waals surface area contributed by atoms with Crippen LogP contribution in [0.5, 0.6) is 5.75 Å². The molecule has 0 fully saturated rings. The summed E-state index contributed by atoms with van der Waals surface area (Å²) in [6, 6.07) is 28.6. The van der Waals surface area contributed by atoms with Crippen molar-refractivity contribution in [3.8, 4) is 34.0 Å². The van der Waals surface area contributed by atoms with Gasteiger partial charge in [0.15, 0.2) is 0 Å². The van der Waals surface area contributed by atoms with Crippen LogP contribution in [0, 0.1) is 0 Å². The first-order chi connectivity index (χ1) is 16.7. The van der Waals surface area contributed by atoms with Crippen molar-refractivity contribution in [1.29, 1.82) is 0 Å². The van der Waals surface area contributed by atoms with Crippen molar-refractivity contribution in [1.82, 2.24) is 20.0 Å². The molecule has 0 atom stereocenters. The van der Waals surface area contributed by atoms with Gasteiger partial charge in [-0.3, -0.25) is 0 Å². The minimum atomic E-state index is 0.357. The second-order valence-electron chi connectivity index (χ2n) is 8.16. The molecular weight excluding hydrogens is 440 g/mol. The molecular formula is C28H26N4OS. The summed E-state index contributed by atoms with van der Waals surface area (Å²) in [7, 11) is 0. The summed E-state index contributed by atoms with van der Waals surface area (Å²) in [4.78, 5) is 0. The predicted molar refractivity (Wildman–Crippen MR) is 140 cm³/mol. The first kappa shape index (κ1) is 22.2. The molecule has 2 aromatic heterocycles. The monoisotopic (exact) mass is 466 g/mol. The molecule has 5 rings (SSSR count). The normalized spacial score (nSPS) is 11.3. The summed E-state index contributed by atoms with van der Waals surface area (Å²) < 4.78 is 7.67. The van der Waals surface area contributed by atoms with E-state index in [0.29, 0.717) is 11.9 Å². The highest BCUT2D eigenvalue weighted by molar-refractivity contribution is 8.00. The third-order valence-electron chi connectivity index (χ3n) is 5.40. The number of fused-ring (bicyclic) bond motifs is 1. The summed E-state index contributed by atoms with van der Waals surface area (Å²) in [6.45, 7) is 6.93. The molecule has 0 radical (unpaired) electrons. The van der Waals surface area contributed by atoms with E-state index in [9.17, 15) is 0 Å². The number of hydrogen-bond acceptors (Lipinski definition) is 5. The summed E-state index contributed by atoms with van der Waals surface area (Å²) in [5, 5.41) is 16.7. The maximum absolute atomic E-state index is 5.66. The Kier molecular flexibility index (Phi) is 6.32. The molecule has 0 spiro atoms. The molecule has 0 unspecified atom stereocenters. The molecule has 2 heterocycles. The predicted octanol–water partition coefficient (Wildman–Crippen LogP) is 7.05. The Morgan fingerprint density at radius 1 is 0.824 bits per heavy atom. The Morgan fingerprint density at radius 3 is 2.09 bits per heavy atom. The number of rotatable bonds is 7. The van der Waals surface area contributed by atoms with Crippen molar-refractivity contribution in [2.75, 3.05) is 6.61 Å². The lowest BCUT2D eigenvalue weighted by Gasteiger charge is -2.11. The minimum Gasteiger partial charge on any atom is -0.494 e. The van der Waals surface area contributed by atoms with Crippen LogP contribution in [0.1, 0.15) is 20.8 Å². The number of ether oxygens (including phenoxy) is 1. The van der Waals surface area contributed by atoms with Gasteiger partial charge in [-0.2, -0.15) is 5.10 Å². The van der Waals surface area contributed by atoms with Crippen molar-refractivity contribution >= 4 is 22.7 Å². The molecule has 5 aromatic rings. The largest absolute Gasteiger partial charge is 0.494 e. The molecule has 3 aromatic carbocycles. The van der Waals surface area contributed by atoms with Crippen molar-refractivity contribution < 1.29 is 4.74 Å². The highest BCUT2D eigenvalue weighted by Gasteiger charge is 2.23. The zero-order valence-corrected chi connectivity index (χ0v) is 20.3. The molecule has 0 aliphatic rings. The number of hydrogen-bond donors (Lipinski definition) is 0. The second kappa shape index (κ2) is 9.69. The topological polar surface area (TPSA) is 52.8 Å². The van der Waals surface area contributed by atoms with Gasteiger partial charge >= 0.3 is 0 Å². The SMILES string of the molecule is CCOc1ccc(-n2nc3c(SC(C)C)nnc(-c4ccccc4)c3c2-c2ccccc2)cc1. The van der Waals surface area contributed by atoms with Gasteiger partial charge < -0.3 is 4.74 Å². The third-order valence-corrected chi connectivity index (χ3v) is 6.37. The zero-order chi connectivity index (χ0) is 23.5. The van der Waals surface area contributed by atoms with E-state index in [4.69, 9.17) is 14.9 Å². The minimum absolute atomic E-state index is 0.357. The van der Waals surface area contributed by atoms with Crippen LogP contribution >= 0.6 is 11.8 Å². The molecule has 0 N–H and O–H groups in total. The van der Waals surface area contributed by atoms with Gasteiger partial charge in [0.05, 0.1) is 23.4 Å². The summed E-state index contributed by atoms with van der Waals surface area (Å²) >= 11 is 1.68. The highest BCUT2D eigenvalue weighted by Crippen LogP contribution is 2.40. The lowest BCUT2D eigenvalue weighted by molar-refractivity contribution is 0.340. The molecule has 0 saturated carbocycles. The Labute approximate surface area is 203 Å². The van der Waals surface area contributed by atoms with E-state index in [-0.39, 0.29) is 0 Å². The molecule has 0 bridgehead atoms. The fraction of sp³-hybridized carbons (Fsp3) is 0.179. The van der Waals surface area contributed by atoms with Crippen molar-refractivity contribution in [2.24, 2.45) is 0 Å². The van der Waals surface area contributed by atoms with Crippen LogP contribution in [0.15, 0.2) is 90.0 Å². The van der Waals surface area contributed by atoms with Crippen LogP contribution in [0.25, 0.3) is 39.1 Å². The van der Waals surface area contributed by atoms with Crippen LogP contribution < -0.4 is 4.74 Å². The van der Waals surface area contributed by atoms with Gasteiger partial charge in [-0.25, -0.2) is 4.68 Å². The lowest BCUT2D eigenvalue weighted by atomic mass is 10.0. The van der Waals surface area contributed by atoms with E-state index in [1.807, 2.05) is 60.1 Å². The Bertz CT molecular complexity index is 1400. The average molecular weight is 467 g/mol. The Hall–Kier alpha value is -3.64. The number of thioether (sulfide) groups is 1. The van der Waals surface area contributed by atoms with Gasteiger partial charge in [0, 0.05) is 16.4 Å². The quantitative estimate of drug-likeness (QED) is 0.241. The number of nitrogens with zero attached hydrogens (tertiary/aromatic N) is 4. The molecule has 5 nitrogen and oxygen atoms in total. The maximum Gasteiger partial charge on any atom is 0.147 e. The molecule has 0 aliphatic carbocycles. The molecule has 0 saturated heterocycles. The van der Waals surface area contributed by atoms with Gasteiger partial charge in [0.1, 0.15) is 22.0 Å². The Balaban J connectivity index is 1.84. The van der Waals surface area contributed by atoms with Crippen LogP contribution in [0.2, 0.25) is 0 Å². The molecule has 170 valence electrons. The zero-order valence-electron chi connectivity index (χ0n) is 19.5. The van der Waals surface area contributed by atoms with Crippen LogP contribution in [-0.4, -0.2) is 31.8 Å². The highest BCUT2D eigenvalue weighted by atomic mass is 32.2. The van der Waals surface area contributed by atoms with Gasteiger partial charge in [0.2, 0.25) is 0 Å². The summed E-state index contributed by atoms with van der Waals surface area (Å²) in [5.41, 5.74) is 5.74. The smallest absolute Gasteiger partial charge is 0.147 e. The molecule has 34 heavy (non-hydrogen) atoms. The molecule has 6 heteroatoms. The van der Waals surface area contributed by atoms with E-state index in [2.05, 4.69) is 55.3 Å². The van der Waals surface area contributed by atoms with E-state index < -0.39 is 0 Å². The van der Waals surface area contributed by atoms with Crippen LogP contribution in [-0.2, 0) is 0 Å². The van der Waals surface area contributed by atoms with Gasteiger partial charge in [0.25, 0.3) is 0 Å². The first-order valence-electron chi connectivity index (χ1n) is 11.5. The van der Waals surface area contributed by atoms with Crippen molar-refractivity contribution in [3.63, 3.8) is 0 Å². The second-order valence-corrected chi connectivity index (χ2v) is 9.73. The standard InChI is InChI=1S/C28H26N4OS/c1-4-33-23-17-15-22(16-18-23)32-27(21-13-9-6-10-14-21)24-25(20-11-7-5-8-12-20)29-30-28(26(24)31-32)34-19(2)3/h5-19H,4H2,1-3H3. The maximum atomic E-state index is 5.66. The van der Waals surface area contributed by atoms with Crippen LogP contribution in [0.4, 0.5) is 0 Å². The van der Waals surface area contributed by atoms with Crippen molar-refractivity contribution in [3.05, 3.63) is 84.9 Å². The fourth-order valence-corrected chi connectivity index (χ4v) is 4.77.